The third kappa shape index (κ3) is 8.13. The lowest BCUT2D eigenvalue weighted by Crippen LogP contribution is -2.49. The third-order valence-electron chi connectivity index (χ3n) is 7.56. The van der Waals surface area contributed by atoms with E-state index in [1.165, 1.54) is 12.8 Å². The maximum Gasteiger partial charge on any atom is 0.335 e. The summed E-state index contributed by atoms with van der Waals surface area (Å²) in [6.45, 7) is 11.0. The van der Waals surface area contributed by atoms with Gasteiger partial charge in [-0.25, -0.2) is 4.79 Å². The molecule has 1 saturated heterocycles. The van der Waals surface area contributed by atoms with Gasteiger partial charge >= 0.3 is 5.97 Å². The molecule has 1 aliphatic carbocycles. The zero-order valence-corrected chi connectivity index (χ0v) is 24.3. The van der Waals surface area contributed by atoms with Crippen LogP contribution in [0.4, 0.5) is 5.82 Å². The lowest BCUT2D eigenvalue weighted by Gasteiger charge is -2.35. The molecule has 0 atom stereocenters. The first kappa shape index (κ1) is 29.7. The molecule has 0 spiro atoms. The van der Waals surface area contributed by atoms with Gasteiger partial charge in [-0.2, -0.15) is 0 Å². The Balaban J connectivity index is 0.000000296. The van der Waals surface area contributed by atoms with Gasteiger partial charge in [0.1, 0.15) is 0 Å². The monoisotopic (exact) mass is 557 g/mol. The number of hydrogen-bond donors (Lipinski definition) is 2. The van der Waals surface area contributed by atoms with Crippen LogP contribution in [0.2, 0.25) is 0 Å². The number of nitrogens with one attached hydrogen (secondary N) is 1. The number of amides is 2. The highest BCUT2D eigenvalue weighted by molar-refractivity contribution is 5.96. The minimum Gasteiger partial charge on any atom is -0.478 e. The number of piperazine rings is 1. The van der Waals surface area contributed by atoms with E-state index >= 15 is 0 Å². The lowest BCUT2D eigenvalue weighted by atomic mass is 10.0. The van der Waals surface area contributed by atoms with Gasteiger partial charge in [0.05, 0.1) is 5.56 Å². The van der Waals surface area contributed by atoms with E-state index in [9.17, 15) is 14.4 Å². The average molecular weight is 558 g/mol. The molecule has 0 radical (unpaired) electrons. The Bertz CT molecular complexity index is 1390. The van der Waals surface area contributed by atoms with Crippen molar-refractivity contribution in [3.63, 3.8) is 0 Å². The zero-order chi connectivity index (χ0) is 29.5. The first-order valence-electron chi connectivity index (χ1n) is 14.2. The fourth-order valence-electron chi connectivity index (χ4n) is 4.74. The van der Waals surface area contributed by atoms with Crippen LogP contribution in [0.1, 0.15) is 72.7 Å². The number of nitrogens with zero attached hydrogens (tertiary/aromatic N) is 4. The Morgan fingerprint density at radius 2 is 1.44 bits per heavy atom. The first-order valence-corrected chi connectivity index (χ1v) is 14.2. The number of rotatable bonds is 7. The van der Waals surface area contributed by atoms with E-state index < -0.39 is 5.97 Å². The molecule has 1 aromatic heterocycles. The summed E-state index contributed by atoms with van der Waals surface area (Å²) in [6.07, 6.45) is 3.62. The van der Waals surface area contributed by atoms with Crippen molar-refractivity contribution in [3.8, 4) is 0 Å². The predicted molar refractivity (Wildman–Crippen MR) is 159 cm³/mol. The summed E-state index contributed by atoms with van der Waals surface area (Å²) >= 11 is 0. The highest BCUT2D eigenvalue weighted by Gasteiger charge is 2.24. The van der Waals surface area contributed by atoms with Crippen LogP contribution in [-0.2, 0) is 0 Å². The van der Waals surface area contributed by atoms with Crippen molar-refractivity contribution in [2.75, 3.05) is 37.6 Å². The summed E-state index contributed by atoms with van der Waals surface area (Å²) < 4.78 is 0. The molecule has 2 aliphatic rings. The van der Waals surface area contributed by atoms with Crippen LogP contribution >= 0.6 is 0 Å². The van der Waals surface area contributed by atoms with Gasteiger partial charge in [-0.05, 0) is 75.4 Å². The van der Waals surface area contributed by atoms with E-state index in [-0.39, 0.29) is 11.8 Å². The molecule has 9 heteroatoms. The number of carbonyl (C=O) groups is 3. The number of carboxylic acids is 1. The summed E-state index contributed by atoms with van der Waals surface area (Å²) in [4.78, 5) is 39.6. The van der Waals surface area contributed by atoms with Crippen molar-refractivity contribution in [3.05, 3.63) is 87.6 Å². The summed E-state index contributed by atoms with van der Waals surface area (Å²) in [7, 11) is 0. The van der Waals surface area contributed by atoms with Crippen molar-refractivity contribution in [2.45, 2.75) is 47.0 Å². The molecule has 5 rings (SSSR count). The molecular formula is C32H39N5O4. The van der Waals surface area contributed by atoms with E-state index in [0.29, 0.717) is 44.0 Å². The summed E-state index contributed by atoms with van der Waals surface area (Å²) in [5, 5.41) is 20.0. The molecule has 0 unspecified atom stereocenters. The van der Waals surface area contributed by atoms with Crippen molar-refractivity contribution < 1.29 is 19.5 Å². The van der Waals surface area contributed by atoms with E-state index in [4.69, 9.17) is 5.11 Å². The molecule has 2 aromatic carbocycles. The Labute approximate surface area is 241 Å². The number of aromatic nitrogens is 2. The maximum atomic E-state index is 12.9. The van der Waals surface area contributed by atoms with Gasteiger partial charge in [-0.3, -0.25) is 9.59 Å². The zero-order valence-electron chi connectivity index (χ0n) is 24.3. The van der Waals surface area contributed by atoms with E-state index in [0.717, 1.165) is 46.0 Å². The SMILES string of the molecule is Cc1ccc(C)c(C(=O)N2CCN(c3ccc(C(=O)NCCC4CC4)nn3)CC2)c1.Cc1ccc(C)c(C(=O)O)c1. The number of carbonyl (C=O) groups excluding carboxylic acids is 2. The Morgan fingerprint density at radius 1 is 0.829 bits per heavy atom. The molecule has 1 saturated carbocycles. The second-order valence-corrected chi connectivity index (χ2v) is 11.0. The van der Waals surface area contributed by atoms with E-state index in [1.807, 2.05) is 62.1 Å². The second-order valence-electron chi connectivity index (χ2n) is 11.0. The number of carboxylic acid groups (broad SMARTS) is 1. The molecule has 2 heterocycles. The second kappa shape index (κ2) is 13.4. The topological polar surface area (TPSA) is 116 Å². The smallest absolute Gasteiger partial charge is 0.335 e. The van der Waals surface area contributed by atoms with Gasteiger partial charge in [0.25, 0.3) is 11.8 Å². The van der Waals surface area contributed by atoms with Gasteiger partial charge in [-0.15, -0.1) is 10.2 Å². The molecule has 9 nitrogen and oxygen atoms in total. The van der Waals surface area contributed by atoms with Gasteiger partial charge < -0.3 is 20.2 Å². The van der Waals surface area contributed by atoms with E-state index in [2.05, 4.69) is 20.4 Å². The Morgan fingerprint density at radius 3 is 1.98 bits per heavy atom. The molecule has 3 aromatic rings. The van der Waals surface area contributed by atoms with Crippen molar-refractivity contribution in [1.29, 1.82) is 0 Å². The van der Waals surface area contributed by atoms with Gasteiger partial charge in [0, 0.05) is 38.3 Å². The molecule has 41 heavy (non-hydrogen) atoms. The number of anilines is 1. The van der Waals surface area contributed by atoms with Crippen LogP contribution in [-0.4, -0.2) is 70.7 Å². The van der Waals surface area contributed by atoms with Crippen LogP contribution < -0.4 is 10.2 Å². The van der Waals surface area contributed by atoms with Crippen LogP contribution in [0.15, 0.2) is 48.5 Å². The largest absolute Gasteiger partial charge is 0.478 e. The third-order valence-corrected chi connectivity index (χ3v) is 7.56. The standard InChI is InChI=1S/C23H29N5O2.C9H10O2/c1-16-3-4-17(2)19(15-16)23(30)28-13-11-27(12-14-28)21-8-7-20(25-26-21)22(29)24-10-9-18-5-6-18;1-6-3-4-7(2)8(5-6)9(10)11/h3-4,7-8,15,18H,5-6,9-14H2,1-2H3,(H,24,29);3-5H,1-2H3,(H,10,11). The average Bonchev–Trinajstić information content (AvgIpc) is 3.80. The molecule has 216 valence electrons. The maximum absolute atomic E-state index is 12.9. The minimum absolute atomic E-state index is 0.0835. The fourth-order valence-corrected chi connectivity index (χ4v) is 4.74. The molecule has 2 amide bonds. The molecule has 2 N–H and O–H groups in total. The molecule has 2 fully saturated rings. The number of hydrogen-bond acceptors (Lipinski definition) is 6. The molecule has 0 bridgehead atoms. The summed E-state index contributed by atoms with van der Waals surface area (Å²) in [6, 6.07) is 15.0. The van der Waals surface area contributed by atoms with Crippen LogP contribution in [0.3, 0.4) is 0 Å². The van der Waals surface area contributed by atoms with Gasteiger partial charge in [0.2, 0.25) is 0 Å². The fraction of sp³-hybridized carbons (Fsp3) is 0.406. The highest BCUT2D eigenvalue weighted by Crippen LogP contribution is 2.31. The quantitative estimate of drug-likeness (QED) is 0.437. The van der Waals surface area contributed by atoms with Gasteiger partial charge in [-0.1, -0.05) is 48.2 Å². The highest BCUT2D eigenvalue weighted by atomic mass is 16.4. The number of benzene rings is 2. The molecule has 1 aliphatic heterocycles. The van der Waals surface area contributed by atoms with E-state index in [1.54, 1.807) is 19.1 Å². The summed E-state index contributed by atoms with van der Waals surface area (Å²) in [5.41, 5.74) is 5.40. The van der Waals surface area contributed by atoms with Crippen LogP contribution in [0.25, 0.3) is 0 Å². The lowest BCUT2D eigenvalue weighted by molar-refractivity contribution is 0.0694. The van der Waals surface area contributed by atoms with Crippen molar-refractivity contribution >= 4 is 23.6 Å². The van der Waals surface area contributed by atoms with Gasteiger partial charge in [0.15, 0.2) is 11.5 Å². The van der Waals surface area contributed by atoms with Crippen molar-refractivity contribution in [2.24, 2.45) is 5.92 Å². The Hall–Kier alpha value is -4.27. The van der Waals surface area contributed by atoms with Crippen LogP contribution in [0.5, 0.6) is 0 Å². The van der Waals surface area contributed by atoms with Crippen LogP contribution in [0, 0.1) is 33.6 Å². The Kier molecular flexibility index (Phi) is 9.70. The normalized spacial score (nSPS) is 14.6. The summed E-state index contributed by atoms with van der Waals surface area (Å²) in [5.74, 6) is 0.590. The number of aromatic carboxylic acids is 1. The first-order chi connectivity index (χ1) is 19.6. The molecular weight excluding hydrogens is 518 g/mol. The predicted octanol–water partition coefficient (Wildman–Crippen LogP) is 4.59. The minimum atomic E-state index is -0.855. The number of aryl methyl sites for hydroxylation is 4. The van der Waals surface area contributed by atoms with Crippen molar-refractivity contribution in [1.82, 2.24) is 20.4 Å².